The van der Waals surface area contributed by atoms with Crippen molar-refractivity contribution in [1.82, 2.24) is 14.8 Å². The highest BCUT2D eigenvalue weighted by Crippen LogP contribution is 2.24. The summed E-state index contributed by atoms with van der Waals surface area (Å²) < 4.78 is 2.28. The van der Waals surface area contributed by atoms with E-state index >= 15 is 0 Å². The normalized spacial score (nSPS) is 10.7. The van der Waals surface area contributed by atoms with E-state index in [-0.39, 0.29) is 5.75 Å². The Morgan fingerprint density at radius 2 is 1.90 bits per heavy atom. The molecule has 0 unspecified atom stereocenters. The van der Waals surface area contributed by atoms with E-state index in [9.17, 15) is 5.11 Å². The smallest absolute Gasteiger partial charge is 0.200 e. The molecule has 0 saturated heterocycles. The largest absolute Gasteiger partial charge is 0.508 e. The first-order valence-electron chi connectivity index (χ1n) is 5.88. The van der Waals surface area contributed by atoms with Gasteiger partial charge in [0, 0.05) is 10.6 Å². The summed E-state index contributed by atoms with van der Waals surface area (Å²) in [5.41, 5.74) is 1.68. The highest BCUT2D eigenvalue weighted by atomic mass is 35.5. The van der Waals surface area contributed by atoms with Crippen LogP contribution in [0.2, 0.25) is 5.02 Å². The van der Waals surface area contributed by atoms with E-state index in [1.54, 1.807) is 34.9 Å². The van der Waals surface area contributed by atoms with E-state index in [2.05, 4.69) is 10.2 Å². The number of phenols is 1. The van der Waals surface area contributed by atoms with Crippen molar-refractivity contribution >= 4 is 23.8 Å². The van der Waals surface area contributed by atoms with Gasteiger partial charge in [-0.05, 0) is 54.7 Å². The number of hydrogen-bond donors (Lipinski definition) is 2. The molecule has 2 aromatic carbocycles. The maximum absolute atomic E-state index is 9.36. The lowest BCUT2D eigenvalue weighted by molar-refractivity contribution is 0.475. The van der Waals surface area contributed by atoms with Crippen molar-refractivity contribution in [3.63, 3.8) is 0 Å². The van der Waals surface area contributed by atoms with Gasteiger partial charge < -0.3 is 5.11 Å². The summed E-state index contributed by atoms with van der Waals surface area (Å²) in [7, 11) is 0. The Morgan fingerprint density at radius 3 is 2.60 bits per heavy atom. The molecule has 0 aliphatic rings. The summed E-state index contributed by atoms with van der Waals surface area (Å²) in [5.74, 6) is 0.870. The number of nitrogens with one attached hydrogen (secondary N) is 1. The van der Waals surface area contributed by atoms with Gasteiger partial charge in [0.15, 0.2) is 10.6 Å². The number of rotatable bonds is 2. The zero-order valence-electron chi connectivity index (χ0n) is 10.2. The number of nitrogens with zero attached hydrogens (tertiary/aromatic N) is 2. The van der Waals surface area contributed by atoms with Crippen molar-refractivity contribution in [2.75, 3.05) is 0 Å². The molecule has 4 nitrogen and oxygen atoms in total. The van der Waals surface area contributed by atoms with Crippen LogP contribution in [0, 0.1) is 4.77 Å². The topological polar surface area (TPSA) is 53.8 Å². The number of aromatic hydroxyl groups is 1. The number of benzene rings is 2. The molecule has 1 heterocycles. The molecule has 0 amide bonds. The Morgan fingerprint density at radius 1 is 1.15 bits per heavy atom. The van der Waals surface area contributed by atoms with Gasteiger partial charge in [-0.2, -0.15) is 5.10 Å². The molecule has 0 spiro atoms. The standard InChI is InChI=1S/C14H10ClN3OS/c15-10-2-1-3-11(8-10)18-13(16-17-14(18)20)9-4-6-12(19)7-5-9/h1-8,19H,(H,17,20). The fourth-order valence-electron chi connectivity index (χ4n) is 1.96. The van der Waals surface area contributed by atoms with Crippen LogP contribution in [0.5, 0.6) is 5.75 Å². The van der Waals surface area contributed by atoms with Crippen LogP contribution in [-0.2, 0) is 0 Å². The minimum Gasteiger partial charge on any atom is -0.508 e. The molecule has 0 fully saturated rings. The Labute approximate surface area is 125 Å². The second-order valence-electron chi connectivity index (χ2n) is 4.21. The van der Waals surface area contributed by atoms with E-state index in [0.717, 1.165) is 11.3 Å². The average Bonchev–Trinajstić information content (AvgIpc) is 2.81. The van der Waals surface area contributed by atoms with Crippen LogP contribution in [0.1, 0.15) is 0 Å². The first-order chi connectivity index (χ1) is 9.65. The zero-order valence-corrected chi connectivity index (χ0v) is 11.8. The molecule has 3 aromatic rings. The Balaban J connectivity index is 2.20. The summed E-state index contributed by atoms with van der Waals surface area (Å²) in [6.07, 6.45) is 0. The summed E-state index contributed by atoms with van der Waals surface area (Å²) >= 11 is 11.3. The molecule has 0 aliphatic carbocycles. The monoisotopic (exact) mass is 303 g/mol. The Kier molecular flexibility index (Phi) is 3.30. The van der Waals surface area contributed by atoms with Crippen molar-refractivity contribution in [3.8, 4) is 22.8 Å². The van der Waals surface area contributed by atoms with Gasteiger partial charge in [0.2, 0.25) is 0 Å². The van der Waals surface area contributed by atoms with Gasteiger partial charge in [-0.3, -0.25) is 9.67 Å². The van der Waals surface area contributed by atoms with Crippen molar-refractivity contribution in [1.29, 1.82) is 0 Å². The highest BCUT2D eigenvalue weighted by Gasteiger charge is 2.10. The van der Waals surface area contributed by atoms with Crippen LogP contribution in [0.3, 0.4) is 0 Å². The average molecular weight is 304 g/mol. The fraction of sp³-hybridized carbons (Fsp3) is 0. The molecule has 6 heteroatoms. The van der Waals surface area contributed by atoms with Crippen molar-refractivity contribution in [2.45, 2.75) is 0 Å². The maximum atomic E-state index is 9.36. The zero-order chi connectivity index (χ0) is 14.1. The molecule has 1 aromatic heterocycles. The minimum atomic E-state index is 0.206. The molecule has 20 heavy (non-hydrogen) atoms. The van der Waals surface area contributed by atoms with E-state index in [1.807, 2.05) is 18.2 Å². The Hall–Kier alpha value is -2.11. The van der Waals surface area contributed by atoms with Gasteiger partial charge in [-0.15, -0.1) is 0 Å². The van der Waals surface area contributed by atoms with Gasteiger partial charge in [0.25, 0.3) is 0 Å². The predicted octanol–water partition coefficient (Wildman–Crippen LogP) is 3.96. The predicted molar refractivity (Wildman–Crippen MR) is 80.9 cm³/mol. The van der Waals surface area contributed by atoms with Gasteiger partial charge in [0.05, 0.1) is 5.69 Å². The van der Waals surface area contributed by atoms with Crippen LogP contribution in [0.4, 0.5) is 0 Å². The van der Waals surface area contributed by atoms with Crippen LogP contribution in [-0.4, -0.2) is 19.9 Å². The van der Waals surface area contributed by atoms with E-state index < -0.39 is 0 Å². The fourth-order valence-corrected chi connectivity index (χ4v) is 2.38. The third-order valence-corrected chi connectivity index (χ3v) is 3.37. The summed E-state index contributed by atoms with van der Waals surface area (Å²) in [6, 6.07) is 14.1. The van der Waals surface area contributed by atoms with Crippen LogP contribution in [0.25, 0.3) is 17.1 Å². The van der Waals surface area contributed by atoms with Crippen LogP contribution < -0.4 is 0 Å². The molecule has 0 atom stereocenters. The highest BCUT2D eigenvalue weighted by molar-refractivity contribution is 7.71. The molecular formula is C14H10ClN3OS. The maximum Gasteiger partial charge on any atom is 0.200 e. The molecule has 100 valence electrons. The molecule has 0 radical (unpaired) electrons. The number of hydrogen-bond acceptors (Lipinski definition) is 3. The molecule has 3 rings (SSSR count). The molecule has 0 bridgehead atoms. The van der Waals surface area contributed by atoms with E-state index in [1.165, 1.54) is 0 Å². The van der Waals surface area contributed by atoms with Gasteiger partial charge in [-0.1, -0.05) is 17.7 Å². The number of aromatic amines is 1. The first-order valence-corrected chi connectivity index (χ1v) is 6.66. The lowest BCUT2D eigenvalue weighted by Crippen LogP contribution is -1.97. The SMILES string of the molecule is Oc1ccc(-c2n[nH]c(=S)n2-c2cccc(Cl)c2)cc1. The summed E-state index contributed by atoms with van der Waals surface area (Å²) in [4.78, 5) is 0. The molecule has 0 saturated carbocycles. The lowest BCUT2D eigenvalue weighted by Gasteiger charge is -2.07. The van der Waals surface area contributed by atoms with Crippen molar-refractivity contribution in [2.24, 2.45) is 0 Å². The third-order valence-electron chi connectivity index (χ3n) is 2.86. The molecule has 2 N–H and O–H groups in total. The van der Waals surface area contributed by atoms with E-state index in [4.69, 9.17) is 23.8 Å². The Bertz CT molecular complexity index is 808. The number of phenolic OH excluding ortho intramolecular Hbond substituents is 1. The van der Waals surface area contributed by atoms with Gasteiger partial charge >= 0.3 is 0 Å². The minimum absolute atomic E-state index is 0.206. The molecule has 0 aliphatic heterocycles. The quantitative estimate of drug-likeness (QED) is 0.705. The second-order valence-corrected chi connectivity index (χ2v) is 5.04. The number of H-pyrrole nitrogens is 1. The third kappa shape index (κ3) is 2.33. The summed E-state index contributed by atoms with van der Waals surface area (Å²) in [6.45, 7) is 0. The second kappa shape index (κ2) is 5.11. The van der Waals surface area contributed by atoms with Gasteiger partial charge in [-0.25, -0.2) is 0 Å². The van der Waals surface area contributed by atoms with Crippen molar-refractivity contribution < 1.29 is 5.11 Å². The van der Waals surface area contributed by atoms with Crippen LogP contribution >= 0.6 is 23.8 Å². The van der Waals surface area contributed by atoms with E-state index in [0.29, 0.717) is 15.6 Å². The number of halogens is 1. The first kappa shape index (κ1) is 12.9. The van der Waals surface area contributed by atoms with Crippen LogP contribution in [0.15, 0.2) is 48.5 Å². The lowest BCUT2D eigenvalue weighted by atomic mass is 10.2. The molecular weight excluding hydrogens is 294 g/mol. The van der Waals surface area contributed by atoms with Crippen molar-refractivity contribution in [3.05, 3.63) is 58.3 Å². The number of aromatic nitrogens is 3. The van der Waals surface area contributed by atoms with Gasteiger partial charge in [0.1, 0.15) is 5.75 Å². The summed E-state index contributed by atoms with van der Waals surface area (Å²) in [5, 5.41) is 17.0.